The van der Waals surface area contributed by atoms with E-state index >= 15 is 0 Å². The van der Waals surface area contributed by atoms with Crippen molar-refractivity contribution in [3.63, 3.8) is 0 Å². The maximum Gasteiger partial charge on any atom is 0.341 e. The van der Waals surface area contributed by atoms with Gasteiger partial charge < -0.3 is 15.8 Å². The lowest BCUT2D eigenvalue weighted by atomic mass is 10.1. The lowest BCUT2D eigenvalue weighted by molar-refractivity contribution is 0.0527. The van der Waals surface area contributed by atoms with E-state index in [1.165, 1.54) is 0 Å². The quantitative estimate of drug-likeness (QED) is 0.823. The topological polar surface area (TPSA) is 81.4 Å². The summed E-state index contributed by atoms with van der Waals surface area (Å²) in [4.78, 5) is 24.9. The number of hydrogen-bond acceptors (Lipinski definition) is 5. The van der Waals surface area contributed by atoms with Gasteiger partial charge in [-0.3, -0.25) is 4.79 Å². The fourth-order valence-corrected chi connectivity index (χ4v) is 3.26. The number of thiophene rings is 1. The largest absolute Gasteiger partial charge is 0.462 e. The number of rotatable bonds is 5. The Morgan fingerprint density at radius 1 is 1.30 bits per heavy atom. The van der Waals surface area contributed by atoms with Crippen LogP contribution in [0, 0.1) is 6.92 Å². The predicted molar refractivity (Wildman–Crippen MR) is 91.7 cm³/mol. The van der Waals surface area contributed by atoms with Crippen LogP contribution in [-0.2, 0) is 4.74 Å². The molecule has 1 aromatic heterocycles. The predicted octanol–water partition coefficient (Wildman–Crippen LogP) is 3.31. The standard InChI is InChI=1S/C17H20N2O3S/c1-4-22-17(21)13-10(2)14(23-15(13)18)16(20)19-11(3)12-8-6-5-7-9-12/h5-9,11H,4,18H2,1-3H3,(H,19,20)/t11-/m1/s1. The van der Waals surface area contributed by atoms with Crippen molar-refractivity contribution in [2.24, 2.45) is 0 Å². The molecule has 0 radical (unpaired) electrons. The van der Waals surface area contributed by atoms with Crippen LogP contribution >= 0.6 is 11.3 Å². The van der Waals surface area contributed by atoms with E-state index in [-0.39, 0.29) is 24.1 Å². The second-order valence-electron chi connectivity index (χ2n) is 5.12. The molecule has 0 spiro atoms. The number of anilines is 1. The summed E-state index contributed by atoms with van der Waals surface area (Å²) in [5.41, 5.74) is 7.74. The SMILES string of the molecule is CCOC(=O)c1c(N)sc(C(=O)N[C@H](C)c2ccccc2)c1C. The molecular formula is C17H20N2O3S. The summed E-state index contributed by atoms with van der Waals surface area (Å²) >= 11 is 1.11. The maximum absolute atomic E-state index is 12.5. The summed E-state index contributed by atoms with van der Waals surface area (Å²) < 4.78 is 4.99. The summed E-state index contributed by atoms with van der Waals surface area (Å²) in [7, 11) is 0. The number of nitrogens with one attached hydrogen (secondary N) is 1. The van der Waals surface area contributed by atoms with Crippen LogP contribution in [0.15, 0.2) is 30.3 Å². The molecule has 0 aliphatic rings. The highest BCUT2D eigenvalue weighted by molar-refractivity contribution is 7.18. The van der Waals surface area contributed by atoms with Crippen molar-refractivity contribution in [3.05, 3.63) is 51.9 Å². The van der Waals surface area contributed by atoms with Crippen LogP contribution in [0.5, 0.6) is 0 Å². The van der Waals surface area contributed by atoms with Crippen LogP contribution in [0.25, 0.3) is 0 Å². The summed E-state index contributed by atoms with van der Waals surface area (Å²) in [6, 6.07) is 9.52. The normalized spacial score (nSPS) is 11.8. The van der Waals surface area contributed by atoms with Gasteiger partial charge in [-0.1, -0.05) is 30.3 Å². The number of carbonyl (C=O) groups excluding carboxylic acids is 2. The Kier molecular flexibility index (Phi) is 5.39. The number of esters is 1. The van der Waals surface area contributed by atoms with Crippen LogP contribution in [-0.4, -0.2) is 18.5 Å². The van der Waals surface area contributed by atoms with Gasteiger partial charge in [0, 0.05) is 0 Å². The monoisotopic (exact) mass is 332 g/mol. The number of amides is 1. The van der Waals surface area contributed by atoms with Crippen LogP contribution in [0.4, 0.5) is 5.00 Å². The van der Waals surface area contributed by atoms with Crippen molar-refractivity contribution >= 4 is 28.2 Å². The molecule has 1 aromatic carbocycles. The Hall–Kier alpha value is -2.34. The molecule has 2 aromatic rings. The first-order valence-electron chi connectivity index (χ1n) is 7.37. The van der Waals surface area contributed by atoms with Crippen LogP contribution in [0.2, 0.25) is 0 Å². The molecule has 1 amide bonds. The second kappa shape index (κ2) is 7.28. The van der Waals surface area contributed by atoms with Gasteiger partial charge in [0.05, 0.1) is 23.1 Å². The van der Waals surface area contributed by atoms with Gasteiger partial charge in [0.2, 0.25) is 0 Å². The van der Waals surface area contributed by atoms with E-state index in [0.717, 1.165) is 16.9 Å². The van der Waals surface area contributed by atoms with Crippen LogP contribution < -0.4 is 11.1 Å². The van der Waals surface area contributed by atoms with Gasteiger partial charge in [0.1, 0.15) is 5.00 Å². The molecule has 0 aliphatic carbocycles. The van der Waals surface area contributed by atoms with Crippen molar-refractivity contribution in [2.75, 3.05) is 12.3 Å². The highest BCUT2D eigenvalue weighted by Crippen LogP contribution is 2.31. The lowest BCUT2D eigenvalue weighted by Gasteiger charge is -2.14. The third kappa shape index (κ3) is 3.71. The van der Waals surface area contributed by atoms with Gasteiger partial charge in [-0.2, -0.15) is 0 Å². The zero-order chi connectivity index (χ0) is 17.0. The first-order chi connectivity index (χ1) is 11.0. The molecule has 0 unspecified atom stereocenters. The highest BCUT2D eigenvalue weighted by atomic mass is 32.1. The van der Waals surface area contributed by atoms with E-state index in [2.05, 4.69) is 5.32 Å². The van der Waals surface area contributed by atoms with E-state index in [9.17, 15) is 9.59 Å². The van der Waals surface area contributed by atoms with Crippen molar-refractivity contribution < 1.29 is 14.3 Å². The number of carbonyl (C=O) groups is 2. The maximum atomic E-state index is 12.5. The van der Waals surface area contributed by atoms with E-state index in [1.807, 2.05) is 37.3 Å². The number of nitrogens with two attached hydrogens (primary N) is 1. The minimum absolute atomic E-state index is 0.141. The molecule has 6 heteroatoms. The molecule has 0 fully saturated rings. The second-order valence-corrected chi connectivity index (χ2v) is 6.17. The lowest BCUT2D eigenvalue weighted by Crippen LogP contribution is -2.26. The van der Waals surface area contributed by atoms with Crippen molar-refractivity contribution in [1.82, 2.24) is 5.32 Å². The Labute approximate surface area is 139 Å². The number of hydrogen-bond donors (Lipinski definition) is 2. The molecule has 2 rings (SSSR count). The molecule has 23 heavy (non-hydrogen) atoms. The minimum Gasteiger partial charge on any atom is -0.462 e. The van der Waals surface area contributed by atoms with Crippen molar-refractivity contribution in [3.8, 4) is 0 Å². The van der Waals surface area contributed by atoms with Gasteiger partial charge in [-0.05, 0) is 31.9 Å². The van der Waals surface area contributed by atoms with E-state index < -0.39 is 5.97 Å². The molecule has 0 saturated heterocycles. The van der Waals surface area contributed by atoms with Crippen LogP contribution in [0.1, 0.15) is 51.0 Å². The van der Waals surface area contributed by atoms with E-state index in [0.29, 0.717) is 15.4 Å². The molecule has 1 heterocycles. The zero-order valence-electron chi connectivity index (χ0n) is 13.4. The zero-order valence-corrected chi connectivity index (χ0v) is 14.2. The van der Waals surface area contributed by atoms with E-state index in [4.69, 9.17) is 10.5 Å². The first kappa shape index (κ1) is 17.0. The third-order valence-electron chi connectivity index (χ3n) is 3.51. The Morgan fingerprint density at radius 2 is 1.96 bits per heavy atom. The van der Waals surface area contributed by atoms with Gasteiger partial charge >= 0.3 is 5.97 Å². The molecular weight excluding hydrogens is 312 g/mol. The number of benzene rings is 1. The minimum atomic E-state index is -0.492. The molecule has 5 nitrogen and oxygen atoms in total. The Morgan fingerprint density at radius 3 is 2.57 bits per heavy atom. The Bertz CT molecular complexity index is 710. The van der Waals surface area contributed by atoms with Gasteiger partial charge in [-0.15, -0.1) is 11.3 Å². The average Bonchev–Trinajstić information content (AvgIpc) is 2.83. The summed E-state index contributed by atoms with van der Waals surface area (Å²) in [5.74, 6) is -0.736. The summed E-state index contributed by atoms with van der Waals surface area (Å²) in [6.45, 7) is 5.61. The summed E-state index contributed by atoms with van der Waals surface area (Å²) in [6.07, 6.45) is 0. The summed E-state index contributed by atoms with van der Waals surface area (Å²) in [5, 5.41) is 3.23. The van der Waals surface area contributed by atoms with Crippen molar-refractivity contribution in [1.29, 1.82) is 0 Å². The van der Waals surface area contributed by atoms with Gasteiger partial charge in [-0.25, -0.2) is 4.79 Å². The van der Waals surface area contributed by atoms with Gasteiger partial charge in [0.25, 0.3) is 5.91 Å². The fourth-order valence-electron chi connectivity index (χ4n) is 2.30. The van der Waals surface area contributed by atoms with Gasteiger partial charge in [0.15, 0.2) is 0 Å². The molecule has 3 N–H and O–H groups in total. The number of nitrogen functional groups attached to an aromatic ring is 1. The van der Waals surface area contributed by atoms with Crippen LogP contribution in [0.3, 0.4) is 0 Å². The average molecular weight is 332 g/mol. The Balaban J connectivity index is 2.20. The highest BCUT2D eigenvalue weighted by Gasteiger charge is 2.24. The van der Waals surface area contributed by atoms with E-state index in [1.54, 1.807) is 13.8 Å². The smallest absolute Gasteiger partial charge is 0.341 e. The molecule has 0 aliphatic heterocycles. The molecule has 1 atom stereocenters. The molecule has 0 bridgehead atoms. The molecule has 122 valence electrons. The number of ether oxygens (including phenoxy) is 1. The fraction of sp³-hybridized carbons (Fsp3) is 0.294. The molecule has 0 saturated carbocycles. The van der Waals surface area contributed by atoms with Crippen molar-refractivity contribution in [2.45, 2.75) is 26.8 Å². The third-order valence-corrected chi connectivity index (χ3v) is 4.63. The first-order valence-corrected chi connectivity index (χ1v) is 8.19.